The summed E-state index contributed by atoms with van der Waals surface area (Å²) in [5.41, 5.74) is -0.611. The van der Waals surface area contributed by atoms with E-state index in [1.165, 1.54) is 0 Å². The lowest BCUT2D eigenvalue weighted by atomic mass is 9.81. The van der Waals surface area contributed by atoms with Crippen LogP contribution in [0, 0.1) is 17.8 Å². The van der Waals surface area contributed by atoms with Crippen LogP contribution in [0.1, 0.15) is 48.5 Å². The third-order valence-corrected chi connectivity index (χ3v) is 4.67. The molecule has 1 aliphatic rings. The Bertz CT molecular complexity index is 352. The Morgan fingerprint density at radius 1 is 0.833 bits per heavy atom. The zero-order valence-corrected chi connectivity index (χ0v) is 13.0. The summed E-state index contributed by atoms with van der Waals surface area (Å²) in [5, 5.41) is 0. The first kappa shape index (κ1) is 15.1. The third kappa shape index (κ3) is 2.73. The van der Waals surface area contributed by atoms with Crippen molar-refractivity contribution in [3.05, 3.63) is 24.7 Å². The summed E-state index contributed by atoms with van der Waals surface area (Å²) in [6.45, 7) is 22.9. The molecule has 0 aromatic carbocycles. The van der Waals surface area contributed by atoms with Gasteiger partial charge in [0.25, 0.3) is 0 Å². The second-order valence-corrected chi connectivity index (χ2v) is 6.64. The van der Waals surface area contributed by atoms with Crippen molar-refractivity contribution in [3.8, 4) is 0 Å². The topological polar surface area (TPSA) is 18.5 Å². The monoisotopic (exact) mass is 252 g/mol. The van der Waals surface area contributed by atoms with Crippen molar-refractivity contribution in [2.45, 2.75) is 59.7 Å². The maximum absolute atomic E-state index is 6.12. The van der Waals surface area contributed by atoms with Gasteiger partial charge in [-0.15, -0.1) is 0 Å². The van der Waals surface area contributed by atoms with Crippen molar-refractivity contribution >= 4 is 0 Å². The number of hydrogen-bond donors (Lipinski definition) is 0. The first-order valence-electron chi connectivity index (χ1n) is 6.74. The zero-order valence-electron chi connectivity index (χ0n) is 13.0. The third-order valence-electron chi connectivity index (χ3n) is 4.67. The summed E-state index contributed by atoms with van der Waals surface area (Å²) in [5.74, 6) is 2.30. The van der Waals surface area contributed by atoms with Crippen LogP contribution >= 0.6 is 0 Å². The quantitative estimate of drug-likeness (QED) is 0.631. The molecular weight excluding hydrogens is 224 g/mol. The Kier molecular flexibility index (Phi) is 3.90. The van der Waals surface area contributed by atoms with E-state index in [9.17, 15) is 0 Å². The standard InChI is InChI=1S/C16H28O2/c1-10-11(2)15(6,7)18-14(5)12(3)16(8,9)17-13(10)4/h10-12H,4-5H2,1-3,6-9H3. The Morgan fingerprint density at radius 2 is 1.28 bits per heavy atom. The van der Waals surface area contributed by atoms with E-state index in [1.807, 2.05) is 0 Å². The molecule has 3 unspecified atom stereocenters. The van der Waals surface area contributed by atoms with E-state index in [2.05, 4.69) is 61.6 Å². The minimum atomic E-state index is -0.345. The average molecular weight is 252 g/mol. The zero-order chi connectivity index (χ0) is 14.3. The van der Waals surface area contributed by atoms with Crippen LogP contribution in [-0.4, -0.2) is 11.2 Å². The second kappa shape index (κ2) is 4.64. The maximum atomic E-state index is 6.12. The van der Waals surface area contributed by atoms with Gasteiger partial charge in [-0.3, -0.25) is 0 Å². The van der Waals surface area contributed by atoms with Crippen LogP contribution in [0.5, 0.6) is 0 Å². The van der Waals surface area contributed by atoms with Crippen molar-refractivity contribution in [2.24, 2.45) is 17.8 Å². The van der Waals surface area contributed by atoms with E-state index in [0.29, 0.717) is 5.92 Å². The molecule has 0 aromatic heterocycles. The van der Waals surface area contributed by atoms with Gasteiger partial charge in [0.1, 0.15) is 11.2 Å². The SMILES string of the molecule is C=C1OC(C)(C)C(C)C(=C)OC(C)(C)C(C)C1C. The summed E-state index contributed by atoms with van der Waals surface area (Å²) < 4.78 is 12.2. The minimum Gasteiger partial charge on any atom is -0.492 e. The predicted octanol–water partition coefficient (Wildman–Crippen LogP) is 4.53. The predicted molar refractivity (Wildman–Crippen MR) is 76.1 cm³/mol. The van der Waals surface area contributed by atoms with Crippen LogP contribution in [0.3, 0.4) is 0 Å². The lowest BCUT2D eigenvalue weighted by molar-refractivity contribution is -0.0415. The molecule has 1 rings (SSSR count). The Hall–Kier alpha value is -0.920. The molecule has 1 heterocycles. The largest absolute Gasteiger partial charge is 0.492 e. The molecule has 0 N–H and O–H groups in total. The van der Waals surface area contributed by atoms with E-state index in [0.717, 1.165) is 11.5 Å². The van der Waals surface area contributed by atoms with Crippen LogP contribution in [-0.2, 0) is 9.47 Å². The van der Waals surface area contributed by atoms with E-state index in [-0.39, 0.29) is 23.0 Å². The summed E-state index contributed by atoms with van der Waals surface area (Å²) in [7, 11) is 0. The van der Waals surface area contributed by atoms with E-state index >= 15 is 0 Å². The second-order valence-electron chi connectivity index (χ2n) is 6.64. The smallest absolute Gasteiger partial charge is 0.112 e. The fourth-order valence-corrected chi connectivity index (χ4v) is 2.31. The molecule has 104 valence electrons. The molecule has 0 saturated carbocycles. The van der Waals surface area contributed by atoms with Gasteiger partial charge in [-0.05, 0) is 27.7 Å². The lowest BCUT2D eigenvalue weighted by Crippen LogP contribution is -2.37. The number of hydrogen-bond acceptors (Lipinski definition) is 2. The molecule has 18 heavy (non-hydrogen) atoms. The van der Waals surface area contributed by atoms with Crippen LogP contribution in [0.4, 0.5) is 0 Å². The minimum absolute atomic E-state index is 0.117. The highest BCUT2D eigenvalue weighted by Crippen LogP contribution is 2.41. The Labute approximate surface area is 112 Å². The first-order valence-corrected chi connectivity index (χ1v) is 6.74. The van der Waals surface area contributed by atoms with E-state index in [1.54, 1.807) is 0 Å². The first-order chi connectivity index (χ1) is 7.99. The van der Waals surface area contributed by atoms with Crippen molar-refractivity contribution < 1.29 is 9.47 Å². The number of allylic oxidation sites excluding steroid dienone is 1. The molecule has 0 spiro atoms. The van der Waals surface area contributed by atoms with Gasteiger partial charge in [0, 0.05) is 11.8 Å². The number of rotatable bonds is 0. The Balaban J connectivity index is 3.18. The van der Waals surface area contributed by atoms with Gasteiger partial charge in [-0.25, -0.2) is 0 Å². The van der Waals surface area contributed by atoms with Gasteiger partial charge in [-0.2, -0.15) is 0 Å². The fourth-order valence-electron chi connectivity index (χ4n) is 2.31. The summed E-state index contributed by atoms with van der Waals surface area (Å²) in [6, 6.07) is 0. The molecular formula is C16H28O2. The summed E-state index contributed by atoms with van der Waals surface area (Å²) >= 11 is 0. The van der Waals surface area contributed by atoms with Gasteiger partial charge in [0.15, 0.2) is 0 Å². The molecule has 0 radical (unpaired) electrons. The van der Waals surface area contributed by atoms with Gasteiger partial charge < -0.3 is 9.47 Å². The molecule has 0 aromatic rings. The molecule has 1 saturated heterocycles. The molecule has 0 aliphatic carbocycles. The van der Waals surface area contributed by atoms with Gasteiger partial charge in [0.05, 0.1) is 17.4 Å². The molecule has 0 bridgehead atoms. The molecule has 2 nitrogen and oxygen atoms in total. The number of ether oxygens (including phenoxy) is 2. The van der Waals surface area contributed by atoms with Crippen molar-refractivity contribution in [1.29, 1.82) is 0 Å². The highest BCUT2D eigenvalue weighted by molar-refractivity contribution is 5.07. The average Bonchev–Trinajstić information content (AvgIpc) is 2.24. The molecule has 1 fully saturated rings. The molecule has 3 atom stereocenters. The van der Waals surface area contributed by atoms with Crippen LogP contribution < -0.4 is 0 Å². The Morgan fingerprint density at radius 3 is 1.78 bits per heavy atom. The fraction of sp³-hybridized carbons (Fsp3) is 0.750. The van der Waals surface area contributed by atoms with Crippen LogP contribution in [0.15, 0.2) is 24.7 Å². The van der Waals surface area contributed by atoms with Crippen molar-refractivity contribution in [3.63, 3.8) is 0 Å². The van der Waals surface area contributed by atoms with Gasteiger partial charge >= 0.3 is 0 Å². The van der Waals surface area contributed by atoms with E-state index in [4.69, 9.17) is 9.47 Å². The normalized spacial score (nSPS) is 35.8. The molecule has 0 amide bonds. The highest BCUT2D eigenvalue weighted by atomic mass is 16.5. The van der Waals surface area contributed by atoms with Crippen molar-refractivity contribution in [1.82, 2.24) is 0 Å². The summed E-state index contributed by atoms with van der Waals surface area (Å²) in [4.78, 5) is 0. The molecule has 1 aliphatic heterocycles. The lowest BCUT2D eigenvalue weighted by Gasteiger charge is -2.36. The molecule has 2 heteroatoms. The van der Waals surface area contributed by atoms with E-state index < -0.39 is 0 Å². The van der Waals surface area contributed by atoms with Crippen LogP contribution in [0.25, 0.3) is 0 Å². The van der Waals surface area contributed by atoms with Gasteiger partial charge in [-0.1, -0.05) is 33.9 Å². The van der Waals surface area contributed by atoms with Crippen LogP contribution in [0.2, 0.25) is 0 Å². The van der Waals surface area contributed by atoms with Crippen molar-refractivity contribution in [2.75, 3.05) is 0 Å². The summed E-state index contributed by atoms with van der Waals surface area (Å²) in [6.07, 6.45) is 0. The maximum Gasteiger partial charge on any atom is 0.112 e. The van der Waals surface area contributed by atoms with Gasteiger partial charge in [0.2, 0.25) is 0 Å². The highest BCUT2D eigenvalue weighted by Gasteiger charge is 2.41.